The van der Waals surface area contributed by atoms with E-state index in [1.165, 1.54) is 0 Å². The normalized spacial score (nSPS) is 10.2. The Labute approximate surface area is 154 Å². The lowest BCUT2D eigenvalue weighted by molar-refractivity contribution is -0.119. The maximum absolute atomic E-state index is 12.1. The molecule has 0 heterocycles. The minimum Gasteiger partial charge on any atom is -0.494 e. The summed E-state index contributed by atoms with van der Waals surface area (Å²) in [5, 5.41) is 6.02. The fourth-order valence-electron chi connectivity index (χ4n) is 2.31. The summed E-state index contributed by atoms with van der Waals surface area (Å²) in [4.78, 5) is 12.1. The van der Waals surface area contributed by atoms with E-state index in [1.807, 2.05) is 55.5 Å². The number of carbonyl (C=O) groups is 1. The standard InChI is InChI=1S/C20H24N2O2S/c1-3-4-12-24-18-11-7-10-17(14-18)21-20(25)22-19(23)13-16-9-6-5-8-15(16)2/h5-11,14H,3-4,12-13H2,1-2H3,(H2,21,22,23,25). The molecule has 2 rings (SSSR count). The molecule has 0 atom stereocenters. The Morgan fingerprint density at radius 2 is 1.96 bits per heavy atom. The number of unbranched alkanes of at least 4 members (excludes halogenated alkanes) is 1. The van der Waals surface area contributed by atoms with Crippen molar-refractivity contribution in [3.8, 4) is 5.75 Å². The van der Waals surface area contributed by atoms with E-state index in [0.29, 0.717) is 13.0 Å². The van der Waals surface area contributed by atoms with Crippen LogP contribution in [0.4, 0.5) is 5.69 Å². The van der Waals surface area contributed by atoms with Crippen LogP contribution in [0, 0.1) is 6.92 Å². The maximum Gasteiger partial charge on any atom is 0.230 e. The van der Waals surface area contributed by atoms with Gasteiger partial charge in [-0.05, 0) is 48.8 Å². The molecule has 2 aromatic carbocycles. The molecule has 0 aliphatic rings. The molecule has 0 aliphatic heterocycles. The van der Waals surface area contributed by atoms with Crippen LogP contribution in [-0.4, -0.2) is 17.6 Å². The fraction of sp³-hybridized carbons (Fsp3) is 0.300. The summed E-state index contributed by atoms with van der Waals surface area (Å²) in [6, 6.07) is 15.4. The van der Waals surface area contributed by atoms with Gasteiger partial charge in [-0.1, -0.05) is 43.7 Å². The number of anilines is 1. The van der Waals surface area contributed by atoms with Crippen molar-refractivity contribution >= 4 is 28.9 Å². The molecule has 1 amide bonds. The first-order valence-electron chi connectivity index (χ1n) is 8.46. The molecule has 5 heteroatoms. The molecule has 4 nitrogen and oxygen atoms in total. The second-order valence-electron chi connectivity index (χ2n) is 5.84. The molecule has 132 valence electrons. The van der Waals surface area contributed by atoms with Gasteiger partial charge in [0.1, 0.15) is 5.75 Å². The third-order valence-electron chi connectivity index (χ3n) is 3.72. The smallest absolute Gasteiger partial charge is 0.230 e. The van der Waals surface area contributed by atoms with Gasteiger partial charge < -0.3 is 15.4 Å². The molecule has 0 unspecified atom stereocenters. The molecule has 0 bridgehead atoms. The topological polar surface area (TPSA) is 50.4 Å². The van der Waals surface area contributed by atoms with Crippen LogP contribution >= 0.6 is 12.2 Å². The number of benzene rings is 2. The van der Waals surface area contributed by atoms with Crippen LogP contribution in [0.1, 0.15) is 30.9 Å². The molecule has 0 radical (unpaired) electrons. The van der Waals surface area contributed by atoms with Crippen molar-refractivity contribution in [2.75, 3.05) is 11.9 Å². The Balaban J connectivity index is 1.86. The van der Waals surface area contributed by atoms with Crippen LogP contribution in [0.3, 0.4) is 0 Å². The van der Waals surface area contributed by atoms with Crippen LogP contribution in [0.5, 0.6) is 5.75 Å². The van der Waals surface area contributed by atoms with Crippen molar-refractivity contribution in [2.45, 2.75) is 33.1 Å². The summed E-state index contributed by atoms with van der Waals surface area (Å²) < 4.78 is 5.67. The van der Waals surface area contributed by atoms with E-state index >= 15 is 0 Å². The predicted octanol–water partition coefficient (Wildman–Crippen LogP) is 4.23. The van der Waals surface area contributed by atoms with Gasteiger partial charge in [0.15, 0.2) is 5.11 Å². The van der Waals surface area contributed by atoms with Crippen molar-refractivity contribution in [3.05, 3.63) is 59.7 Å². The summed E-state index contributed by atoms with van der Waals surface area (Å²) in [6.45, 7) is 4.81. The van der Waals surface area contributed by atoms with E-state index in [1.54, 1.807) is 0 Å². The average molecular weight is 356 g/mol. The lowest BCUT2D eigenvalue weighted by atomic mass is 10.1. The number of hydrogen-bond donors (Lipinski definition) is 2. The van der Waals surface area contributed by atoms with Gasteiger partial charge in [0, 0.05) is 11.8 Å². The molecular weight excluding hydrogens is 332 g/mol. The van der Waals surface area contributed by atoms with Crippen molar-refractivity contribution < 1.29 is 9.53 Å². The predicted molar refractivity (Wildman–Crippen MR) is 106 cm³/mol. The lowest BCUT2D eigenvalue weighted by Gasteiger charge is -2.12. The molecule has 0 spiro atoms. The van der Waals surface area contributed by atoms with Gasteiger partial charge in [-0.15, -0.1) is 0 Å². The van der Waals surface area contributed by atoms with Gasteiger partial charge in [-0.25, -0.2) is 0 Å². The summed E-state index contributed by atoms with van der Waals surface area (Å²) in [5.41, 5.74) is 2.87. The van der Waals surface area contributed by atoms with Crippen LogP contribution in [0.2, 0.25) is 0 Å². The highest BCUT2D eigenvalue weighted by Gasteiger charge is 2.08. The van der Waals surface area contributed by atoms with E-state index in [-0.39, 0.29) is 11.0 Å². The average Bonchev–Trinajstić information content (AvgIpc) is 2.57. The first kappa shape index (κ1) is 18.9. The highest BCUT2D eigenvalue weighted by Crippen LogP contribution is 2.17. The van der Waals surface area contributed by atoms with Crippen molar-refractivity contribution in [3.63, 3.8) is 0 Å². The summed E-state index contributed by atoms with van der Waals surface area (Å²) >= 11 is 5.23. The zero-order valence-electron chi connectivity index (χ0n) is 14.7. The number of aryl methyl sites for hydroxylation is 1. The number of carbonyl (C=O) groups excluding carboxylic acids is 1. The van der Waals surface area contributed by atoms with E-state index in [0.717, 1.165) is 35.4 Å². The van der Waals surface area contributed by atoms with Crippen LogP contribution in [-0.2, 0) is 11.2 Å². The minimum absolute atomic E-state index is 0.137. The monoisotopic (exact) mass is 356 g/mol. The highest BCUT2D eigenvalue weighted by molar-refractivity contribution is 7.80. The Morgan fingerprint density at radius 3 is 2.72 bits per heavy atom. The van der Waals surface area contributed by atoms with Gasteiger partial charge in [0.05, 0.1) is 13.0 Å². The Morgan fingerprint density at radius 1 is 1.16 bits per heavy atom. The molecule has 0 saturated heterocycles. The molecule has 2 N–H and O–H groups in total. The van der Waals surface area contributed by atoms with Gasteiger partial charge in [0.25, 0.3) is 0 Å². The third kappa shape index (κ3) is 6.55. The number of amides is 1. The number of nitrogens with one attached hydrogen (secondary N) is 2. The zero-order valence-corrected chi connectivity index (χ0v) is 15.5. The molecule has 0 saturated carbocycles. The van der Waals surface area contributed by atoms with Crippen LogP contribution in [0.25, 0.3) is 0 Å². The van der Waals surface area contributed by atoms with Crippen molar-refractivity contribution in [1.82, 2.24) is 5.32 Å². The molecule has 0 fully saturated rings. The number of thiocarbonyl (C=S) groups is 1. The molecular formula is C20H24N2O2S. The third-order valence-corrected chi connectivity index (χ3v) is 3.93. The van der Waals surface area contributed by atoms with Gasteiger partial charge in [0.2, 0.25) is 5.91 Å². The second-order valence-corrected chi connectivity index (χ2v) is 6.24. The van der Waals surface area contributed by atoms with Crippen LogP contribution in [0.15, 0.2) is 48.5 Å². The summed E-state index contributed by atoms with van der Waals surface area (Å²) in [5.74, 6) is 0.648. The summed E-state index contributed by atoms with van der Waals surface area (Å²) in [6.07, 6.45) is 2.41. The maximum atomic E-state index is 12.1. The first-order valence-corrected chi connectivity index (χ1v) is 8.87. The van der Waals surface area contributed by atoms with Crippen molar-refractivity contribution in [1.29, 1.82) is 0 Å². The molecule has 25 heavy (non-hydrogen) atoms. The van der Waals surface area contributed by atoms with Gasteiger partial charge >= 0.3 is 0 Å². The largest absolute Gasteiger partial charge is 0.494 e. The fourth-order valence-corrected chi connectivity index (χ4v) is 2.54. The first-order chi connectivity index (χ1) is 12.1. The molecule has 0 aromatic heterocycles. The Kier molecular flexibility index (Phi) is 7.41. The number of hydrogen-bond acceptors (Lipinski definition) is 3. The quantitative estimate of drug-likeness (QED) is 0.576. The van der Waals surface area contributed by atoms with E-state index in [4.69, 9.17) is 17.0 Å². The van der Waals surface area contributed by atoms with Crippen molar-refractivity contribution in [2.24, 2.45) is 0 Å². The number of rotatable bonds is 7. The Bertz CT molecular complexity index is 731. The van der Waals surface area contributed by atoms with Gasteiger partial charge in [-0.2, -0.15) is 0 Å². The van der Waals surface area contributed by atoms with E-state index in [9.17, 15) is 4.79 Å². The zero-order chi connectivity index (χ0) is 18.1. The number of ether oxygens (including phenoxy) is 1. The molecule has 2 aromatic rings. The van der Waals surface area contributed by atoms with Crippen LogP contribution < -0.4 is 15.4 Å². The SMILES string of the molecule is CCCCOc1cccc(NC(=S)NC(=O)Cc2ccccc2C)c1. The van der Waals surface area contributed by atoms with E-state index in [2.05, 4.69) is 17.6 Å². The van der Waals surface area contributed by atoms with Gasteiger partial charge in [-0.3, -0.25) is 4.79 Å². The highest BCUT2D eigenvalue weighted by atomic mass is 32.1. The second kappa shape index (κ2) is 9.79. The molecule has 0 aliphatic carbocycles. The summed E-state index contributed by atoms with van der Waals surface area (Å²) in [7, 11) is 0. The minimum atomic E-state index is -0.137. The lowest BCUT2D eigenvalue weighted by Crippen LogP contribution is -2.35. The Hall–Kier alpha value is -2.40. The van der Waals surface area contributed by atoms with E-state index < -0.39 is 0 Å².